The quantitative estimate of drug-likeness (QED) is 0.583. The third-order valence-electron chi connectivity index (χ3n) is 2.21. The number of hydrogen-bond acceptors (Lipinski definition) is 3. The SMILES string of the molecule is O=C(OC1CCNC1)C1CC1. The number of carbonyl (C=O) groups excluding carboxylic acids is 1. The number of nitrogens with one attached hydrogen (secondary N) is 1. The lowest BCUT2D eigenvalue weighted by atomic mass is 10.3. The first-order valence-corrected chi connectivity index (χ1v) is 4.27. The highest BCUT2D eigenvalue weighted by Crippen LogP contribution is 2.30. The third-order valence-corrected chi connectivity index (χ3v) is 2.21. The Morgan fingerprint density at radius 2 is 2.18 bits per heavy atom. The second-order valence-electron chi connectivity index (χ2n) is 3.33. The van der Waals surface area contributed by atoms with Crippen LogP contribution in [0.5, 0.6) is 0 Å². The maximum absolute atomic E-state index is 11.1. The van der Waals surface area contributed by atoms with E-state index in [1.807, 2.05) is 0 Å². The number of carbonyl (C=O) groups is 1. The van der Waals surface area contributed by atoms with Crippen LogP contribution in [0.15, 0.2) is 0 Å². The molecule has 1 unspecified atom stereocenters. The topological polar surface area (TPSA) is 38.3 Å². The van der Waals surface area contributed by atoms with Crippen molar-refractivity contribution >= 4 is 5.97 Å². The van der Waals surface area contributed by atoms with Crippen LogP contribution in [-0.2, 0) is 9.53 Å². The summed E-state index contributed by atoms with van der Waals surface area (Å²) in [7, 11) is 0. The molecule has 0 radical (unpaired) electrons. The van der Waals surface area contributed by atoms with Crippen LogP contribution in [0.2, 0.25) is 0 Å². The van der Waals surface area contributed by atoms with Crippen LogP contribution < -0.4 is 5.32 Å². The molecule has 1 aliphatic heterocycles. The van der Waals surface area contributed by atoms with E-state index >= 15 is 0 Å². The van der Waals surface area contributed by atoms with Crippen LogP contribution in [-0.4, -0.2) is 25.2 Å². The Labute approximate surface area is 66.1 Å². The Morgan fingerprint density at radius 3 is 2.73 bits per heavy atom. The molecule has 0 aromatic heterocycles. The van der Waals surface area contributed by atoms with E-state index in [2.05, 4.69) is 5.32 Å². The molecular formula is C8H13NO2. The molecule has 0 spiro atoms. The van der Waals surface area contributed by atoms with E-state index in [4.69, 9.17) is 4.74 Å². The molecule has 2 fully saturated rings. The zero-order chi connectivity index (χ0) is 7.68. The van der Waals surface area contributed by atoms with Gasteiger partial charge in [-0.15, -0.1) is 0 Å². The Hall–Kier alpha value is -0.570. The van der Waals surface area contributed by atoms with Gasteiger partial charge in [-0.1, -0.05) is 0 Å². The third kappa shape index (κ3) is 1.71. The van der Waals surface area contributed by atoms with Gasteiger partial charge in [0.25, 0.3) is 0 Å². The molecule has 0 bridgehead atoms. The van der Waals surface area contributed by atoms with Crippen molar-refractivity contribution in [3.05, 3.63) is 0 Å². The highest BCUT2D eigenvalue weighted by molar-refractivity contribution is 5.75. The average Bonchev–Trinajstić information content (AvgIpc) is 2.73. The first-order valence-electron chi connectivity index (χ1n) is 4.27. The summed E-state index contributed by atoms with van der Waals surface area (Å²) in [5.41, 5.74) is 0. The van der Waals surface area contributed by atoms with E-state index in [1.54, 1.807) is 0 Å². The van der Waals surface area contributed by atoms with Gasteiger partial charge in [-0.2, -0.15) is 0 Å². The Bertz CT molecular complexity index is 159. The maximum Gasteiger partial charge on any atom is 0.309 e. The molecule has 3 nitrogen and oxygen atoms in total. The fourth-order valence-electron chi connectivity index (χ4n) is 1.31. The van der Waals surface area contributed by atoms with Gasteiger partial charge in [0.15, 0.2) is 0 Å². The van der Waals surface area contributed by atoms with Gasteiger partial charge in [-0.3, -0.25) is 4.79 Å². The second-order valence-corrected chi connectivity index (χ2v) is 3.33. The van der Waals surface area contributed by atoms with Crippen molar-refractivity contribution in [1.29, 1.82) is 0 Å². The molecule has 1 saturated heterocycles. The Morgan fingerprint density at radius 1 is 1.36 bits per heavy atom. The van der Waals surface area contributed by atoms with Gasteiger partial charge >= 0.3 is 5.97 Å². The minimum Gasteiger partial charge on any atom is -0.461 e. The van der Waals surface area contributed by atoms with Crippen LogP contribution in [0.25, 0.3) is 0 Å². The normalized spacial score (nSPS) is 30.4. The zero-order valence-electron chi connectivity index (χ0n) is 6.51. The molecule has 1 heterocycles. The van der Waals surface area contributed by atoms with E-state index in [0.717, 1.165) is 32.4 Å². The molecule has 1 saturated carbocycles. The van der Waals surface area contributed by atoms with E-state index in [1.165, 1.54) is 0 Å². The van der Waals surface area contributed by atoms with Gasteiger partial charge in [0, 0.05) is 6.54 Å². The van der Waals surface area contributed by atoms with Crippen LogP contribution in [0, 0.1) is 5.92 Å². The summed E-state index contributed by atoms with van der Waals surface area (Å²) in [6.45, 7) is 1.83. The van der Waals surface area contributed by atoms with Crippen LogP contribution in [0.3, 0.4) is 0 Å². The van der Waals surface area contributed by atoms with Crippen LogP contribution >= 0.6 is 0 Å². The minimum absolute atomic E-state index is 0.0266. The van der Waals surface area contributed by atoms with Crippen molar-refractivity contribution in [3.63, 3.8) is 0 Å². The highest BCUT2D eigenvalue weighted by Gasteiger charge is 2.33. The summed E-state index contributed by atoms with van der Waals surface area (Å²) in [4.78, 5) is 11.1. The van der Waals surface area contributed by atoms with Gasteiger partial charge in [0.05, 0.1) is 5.92 Å². The Kier molecular flexibility index (Phi) is 1.82. The largest absolute Gasteiger partial charge is 0.461 e. The summed E-state index contributed by atoms with van der Waals surface area (Å²) < 4.78 is 5.23. The average molecular weight is 155 g/mol. The summed E-state index contributed by atoms with van der Waals surface area (Å²) in [5, 5.41) is 3.16. The smallest absolute Gasteiger partial charge is 0.309 e. The molecule has 0 amide bonds. The number of rotatable bonds is 2. The molecule has 3 heteroatoms. The van der Waals surface area contributed by atoms with E-state index in [-0.39, 0.29) is 18.0 Å². The lowest BCUT2D eigenvalue weighted by Gasteiger charge is -2.09. The molecule has 1 aliphatic carbocycles. The molecule has 2 rings (SSSR count). The summed E-state index contributed by atoms with van der Waals surface area (Å²) in [5.74, 6) is 0.272. The van der Waals surface area contributed by atoms with E-state index < -0.39 is 0 Å². The predicted octanol–water partition coefficient (Wildman–Crippen LogP) is 0.301. The highest BCUT2D eigenvalue weighted by atomic mass is 16.5. The van der Waals surface area contributed by atoms with Crippen molar-refractivity contribution in [2.75, 3.05) is 13.1 Å². The number of esters is 1. The predicted molar refractivity (Wildman–Crippen MR) is 40.1 cm³/mol. The number of ether oxygens (including phenoxy) is 1. The molecule has 0 aromatic rings. The lowest BCUT2D eigenvalue weighted by Crippen LogP contribution is -2.21. The monoisotopic (exact) mass is 155 g/mol. The second kappa shape index (κ2) is 2.81. The number of hydrogen-bond donors (Lipinski definition) is 1. The molecular weight excluding hydrogens is 142 g/mol. The first-order chi connectivity index (χ1) is 5.36. The van der Waals surface area contributed by atoms with Crippen LogP contribution in [0.4, 0.5) is 0 Å². The van der Waals surface area contributed by atoms with Gasteiger partial charge in [0.2, 0.25) is 0 Å². The first kappa shape index (κ1) is 7.10. The van der Waals surface area contributed by atoms with Gasteiger partial charge in [-0.05, 0) is 25.8 Å². The van der Waals surface area contributed by atoms with Crippen molar-refractivity contribution < 1.29 is 9.53 Å². The van der Waals surface area contributed by atoms with E-state index in [0.29, 0.717) is 0 Å². The Balaban J connectivity index is 1.74. The van der Waals surface area contributed by atoms with Crippen molar-refractivity contribution in [2.45, 2.75) is 25.4 Å². The van der Waals surface area contributed by atoms with Crippen molar-refractivity contribution in [1.82, 2.24) is 5.32 Å². The fourth-order valence-corrected chi connectivity index (χ4v) is 1.31. The molecule has 62 valence electrons. The zero-order valence-corrected chi connectivity index (χ0v) is 6.51. The summed E-state index contributed by atoms with van der Waals surface area (Å²) >= 11 is 0. The maximum atomic E-state index is 11.1. The molecule has 2 aliphatic rings. The standard InChI is InChI=1S/C8H13NO2/c10-8(6-1-2-6)11-7-3-4-9-5-7/h6-7,9H,1-5H2. The summed E-state index contributed by atoms with van der Waals surface area (Å²) in [6, 6.07) is 0. The van der Waals surface area contributed by atoms with Crippen LogP contribution in [0.1, 0.15) is 19.3 Å². The fraction of sp³-hybridized carbons (Fsp3) is 0.875. The van der Waals surface area contributed by atoms with Crippen molar-refractivity contribution in [2.24, 2.45) is 5.92 Å². The van der Waals surface area contributed by atoms with E-state index in [9.17, 15) is 4.79 Å². The summed E-state index contributed by atoms with van der Waals surface area (Å²) in [6.07, 6.45) is 3.22. The van der Waals surface area contributed by atoms with Gasteiger partial charge in [0.1, 0.15) is 6.10 Å². The molecule has 0 aromatic carbocycles. The van der Waals surface area contributed by atoms with Gasteiger partial charge < -0.3 is 10.1 Å². The minimum atomic E-state index is 0.0266. The van der Waals surface area contributed by atoms with Crippen molar-refractivity contribution in [3.8, 4) is 0 Å². The molecule has 11 heavy (non-hydrogen) atoms. The molecule has 1 N–H and O–H groups in total. The molecule has 1 atom stereocenters. The van der Waals surface area contributed by atoms with Gasteiger partial charge in [-0.25, -0.2) is 0 Å². The lowest BCUT2D eigenvalue weighted by molar-refractivity contribution is -0.149.